The first-order valence-corrected chi connectivity index (χ1v) is 13.5. The molecule has 3 aliphatic heterocycles. The fraction of sp³-hybridized carbons (Fsp3) is 0.615. The Hall–Kier alpha value is -3.40. The summed E-state index contributed by atoms with van der Waals surface area (Å²) in [6, 6.07) is 4.53. The second-order valence-electron chi connectivity index (χ2n) is 10.7. The molecule has 1 unspecified atom stereocenters. The molecule has 4 heterocycles. The van der Waals surface area contributed by atoms with Gasteiger partial charge in [-0.2, -0.15) is 31.4 Å². The second-order valence-corrected chi connectivity index (χ2v) is 10.7. The number of benzene rings is 1. The molecule has 3 saturated heterocycles. The quantitative estimate of drug-likeness (QED) is 0.359. The standard InChI is InChI=1S/C24H31F3N6O2.C2HF3O2/c1-31-22-16(21(30-31)17-5-6-20(34)29-23(17)35)3-2-4-18(22)32-10-7-15(8-11-32)14-33-12-9-28-13-19(33)24(25,26)27;3-2(4,5)1(6)7/h2-4,15,17,19,28H,5-14H2,1H3,(H,29,34,35);(H,6,7)/t17?,19-;/m1./s1. The number of rotatable bonds is 4. The van der Waals surface area contributed by atoms with Crippen molar-refractivity contribution in [2.45, 2.75) is 50.0 Å². The predicted molar refractivity (Wildman–Crippen MR) is 139 cm³/mol. The topological polar surface area (TPSA) is 120 Å². The van der Waals surface area contributed by atoms with Gasteiger partial charge in [-0.3, -0.25) is 24.5 Å². The summed E-state index contributed by atoms with van der Waals surface area (Å²) in [5, 5.41) is 18.0. The molecule has 3 N–H and O–H groups in total. The number of nitrogens with one attached hydrogen (secondary N) is 2. The number of piperidine rings is 2. The maximum absolute atomic E-state index is 13.5. The normalized spacial score (nSPS) is 23.0. The van der Waals surface area contributed by atoms with Crippen LogP contribution in [0.3, 0.4) is 0 Å². The van der Waals surface area contributed by atoms with Crippen molar-refractivity contribution in [1.82, 2.24) is 25.3 Å². The summed E-state index contributed by atoms with van der Waals surface area (Å²) in [4.78, 5) is 36.8. The van der Waals surface area contributed by atoms with Gasteiger partial charge in [-0.15, -0.1) is 0 Å². The highest BCUT2D eigenvalue weighted by Crippen LogP contribution is 2.36. The number of imide groups is 1. The van der Waals surface area contributed by atoms with Crippen LogP contribution >= 0.6 is 0 Å². The van der Waals surface area contributed by atoms with Gasteiger partial charge in [0.1, 0.15) is 6.04 Å². The Morgan fingerprint density at radius 1 is 1.07 bits per heavy atom. The zero-order valence-corrected chi connectivity index (χ0v) is 22.8. The molecule has 1 aromatic heterocycles. The minimum atomic E-state index is -5.08. The smallest absolute Gasteiger partial charge is 0.475 e. The molecule has 1 aromatic carbocycles. The SMILES string of the molecule is Cn1nc(C2CCC(=O)NC2=O)c2cccc(N3CCC(CN4CCNC[C@@H]4C(F)(F)F)CC3)c21.O=C(O)C(F)(F)F. The number of piperazine rings is 1. The van der Waals surface area contributed by atoms with E-state index in [2.05, 4.69) is 20.6 Å². The highest BCUT2D eigenvalue weighted by Gasteiger charge is 2.45. The minimum Gasteiger partial charge on any atom is -0.475 e. The Balaban J connectivity index is 0.000000517. The summed E-state index contributed by atoms with van der Waals surface area (Å²) in [5.41, 5.74) is 2.64. The van der Waals surface area contributed by atoms with Gasteiger partial charge in [-0.1, -0.05) is 12.1 Å². The van der Waals surface area contributed by atoms with Gasteiger partial charge in [-0.05, 0) is 31.2 Å². The zero-order chi connectivity index (χ0) is 30.8. The van der Waals surface area contributed by atoms with Gasteiger partial charge in [0.05, 0.1) is 22.8 Å². The van der Waals surface area contributed by atoms with Crippen LogP contribution in [-0.4, -0.2) is 95.2 Å². The number of anilines is 1. The van der Waals surface area contributed by atoms with Gasteiger partial charge >= 0.3 is 18.3 Å². The van der Waals surface area contributed by atoms with Crippen LogP contribution in [0.15, 0.2) is 18.2 Å². The molecule has 0 bridgehead atoms. The second kappa shape index (κ2) is 12.5. The van der Waals surface area contributed by atoms with Crippen molar-refractivity contribution in [3.63, 3.8) is 0 Å². The lowest BCUT2D eigenvalue weighted by Gasteiger charge is -2.41. The van der Waals surface area contributed by atoms with E-state index in [0.717, 1.165) is 42.5 Å². The van der Waals surface area contributed by atoms with Crippen molar-refractivity contribution >= 4 is 34.4 Å². The lowest BCUT2D eigenvalue weighted by Crippen LogP contribution is -2.59. The predicted octanol–water partition coefficient (Wildman–Crippen LogP) is 2.78. The number of hydrogen-bond donors (Lipinski definition) is 3. The average Bonchev–Trinajstić information content (AvgIpc) is 3.25. The average molecular weight is 607 g/mol. The fourth-order valence-electron chi connectivity index (χ4n) is 5.79. The third kappa shape index (κ3) is 7.14. The van der Waals surface area contributed by atoms with E-state index in [9.17, 15) is 35.9 Å². The highest BCUT2D eigenvalue weighted by atomic mass is 19.4. The van der Waals surface area contributed by atoms with Crippen LogP contribution < -0.4 is 15.5 Å². The fourth-order valence-corrected chi connectivity index (χ4v) is 5.79. The number of aryl methyl sites for hydroxylation is 1. The number of carbonyl (C=O) groups is 3. The first-order chi connectivity index (χ1) is 19.7. The Labute approximate surface area is 237 Å². The lowest BCUT2D eigenvalue weighted by atomic mass is 9.92. The molecule has 232 valence electrons. The maximum Gasteiger partial charge on any atom is 0.490 e. The van der Waals surface area contributed by atoms with Crippen molar-refractivity contribution in [2.24, 2.45) is 13.0 Å². The molecular weight excluding hydrogens is 574 g/mol. The Bertz CT molecular complexity index is 1300. The number of hydrogen-bond acceptors (Lipinski definition) is 7. The number of carboxylic acid groups (broad SMARTS) is 1. The first kappa shape index (κ1) is 31.5. The van der Waals surface area contributed by atoms with Crippen LogP contribution in [0.25, 0.3) is 10.9 Å². The number of halogens is 6. The number of aromatic nitrogens is 2. The molecule has 2 atom stereocenters. The summed E-state index contributed by atoms with van der Waals surface area (Å²) in [7, 11) is 1.86. The van der Waals surface area contributed by atoms with E-state index in [1.54, 1.807) is 9.58 Å². The number of carboxylic acids is 1. The summed E-state index contributed by atoms with van der Waals surface area (Å²) in [6.07, 6.45) is -6.92. The van der Waals surface area contributed by atoms with E-state index >= 15 is 0 Å². The van der Waals surface area contributed by atoms with Crippen molar-refractivity contribution in [2.75, 3.05) is 44.2 Å². The molecule has 10 nitrogen and oxygen atoms in total. The van der Waals surface area contributed by atoms with Crippen LogP contribution in [0, 0.1) is 5.92 Å². The van der Waals surface area contributed by atoms with E-state index in [4.69, 9.17) is 9.90 Å². The molecule has 2 aromatic rings. The Morgan fingerprint density at radius 3 is 2.33 bits per heavy atom. The molecule has 16 heteroatoms. The zero-order valence-electron chi connectivity index (χ0n) is 22.8. The molecule has 3 aliphatic rings. The van der Waals surface area contributed by atoms with E-state index in [1.807, 2.05) is 25.2 Å². The number of para-hydroxylation sites is 1. The molecule has 2 amide bonds. The number of nitrogens with zero attached hydrogens (tertiary/aromatic N) is 4. The molecule has 0 spiro atoms. The van der Waals surface area contributed by atoms with Crippen molar-refractivity contribution < 1.29 is 45.8 Å². The molecule has 42 heavy (non-hydrogen) atoms. The number of carbonyl (C=O) groups excluding carboxylic acids is 2. The molecule has 0 saturated carbocycles. The van der Waals surface area contributed by atoms with Gasteiger partial charge in [-0.25, -0.2) is 4.79 Å². The van der Waals surface area contributed by atoms with Crippen molar-refractivity contribution in [3.8, 4) is 0 Å². The minimum absolute atomic E-state index is 0.0413. The maximum atomic E-state index is 13.5. The van der Waals surface area contributed by atoms with Crippen LogP contribution in [0.1, 0.15) is 37.3 Å². The summed E-state index contributed by atoms with van der Waals surface area (Å²) in [5.74, 6) is -3.56. The van der Waals surface area contributed by atoms with E-state index in [1.165, 1.54) is 0 Å². The summed E-state index contributed by atoms with van der Waals surface area (Å²) < 4.78 is 73.9. The Kier molecular flexibility index (Phi) is 9.35. The number of fused-ring (bicyclic) bond motifs is 1. The van der Waals surface area contributed by atoms with Crippen molar-refractivity contribution in [3.05, 3.63) is 23.9 Å². The third-order valence-electron chi connectivity index (χ3n) is 7.86. The van der Waals surface area contributed by atoms with Crippen LogP contribution in [0.2, 0.25) is 0 Å². The number of alkyl halides is 6. The van der Waals surface area contributed by atoms with Gasteiger partial charge in [0, 0.05) is 58.1 Å². The lowest BCUT2D eigenvalue weighted by molar-refractivity contribution is -0.192. The number of aliphatic carboxylic acids is 1. The van der Waals surface area contributed by atoms with Crippen LogP contribution in [0.4, 0.5) is 32.0 Å². The van der Waals surface area contributed by atoms with E-state index in [0.29, 0.717) is 38.2 Å². The van der Waals surface area contributed by atoms with Gasteiger partial charge in [0.15, 0.2) is 0 Å². The summed E-state index contributed by atoms with van der Waals surface area (Å²) in [6.45, 7) is 2.94. The van der Waals surface area contributed by atoms with Gasteiger partial charge in [0.25, 0.3) is 0 Å². The largest absolute Gasteiger partial charge is 0.490 e. The third-order valence-corrected chi connectivity index (χ3v) is 7.86. The molecule has 0 radical (unpaired) electrons. The van der Waals surface area contributed by atoms with E-state index in [-0.39, 0.29) is 24.3 Å². The molecule has 5 rings (SSSR count). The Morgan fingerprint density at radius 2 is 1.74 bits per heavy atom. The number of amides is 2. The van der Waals surface area contributed by atoms with Crippen LogP contribution in [-0.2, 0) is 21.4 Å². The van der Waals surface area contributed by atoms with Crippen molar-refractivity contribution in [1.29, 1.82) is 0 Å². The molecule has 3 fully saturated rings. The first-order valence-electron chi connectivity index (χ1n) is 13.5. The van der Waals surface area contributed by atoms with Gasteiger partial charge in [0.2, 0.25) is 11.8 Å². The summed E-state index contributed by atoms with van der Waals surface area (Å²) >= 11 is 0. The molecular formula is C26H32F6N6O4. The monoisotopic (exact) mass is 606 g/mol. The highest BCUT2D eigenvalue weighted by molar-refractivity contribution is 6.03. The van der Waals surface area contributed by atoms with Gasteiger partial charge < -0.3 is 15.3 Å². The van der Waals surface area contributed by atoms with Crippen LogP contribution in [0.5, 0.6) is 0 Å². The molecule has 0 aliphatic carbocycles. The van der Waals surface area contributed by atoms with E-state index < -0.39 is 30.3 Å².